The number of benzene rings is 2. The predicted molar refractivity (Wildman–Crippen MR) is 110 cm³/mol. The van der Waals surface area contributed by atoms with E-state index in [2.05, 4.69) is 5.16 Å². The van der Waals surface area contributed by atoms with Crippen LogP contribution in [0.5, 0.6) is 5.75 Å². The Labute approximate surface area is 167 Å². The Morgan fingerprint density at radius 3 is 2.29 bits per heavy atom. The number of ether oxygens (including phenoxy) is 1. The zero-order valence-electron chi connectivity index (χ0n) is 16.5. The third-order valence-corrected chi connectivity index (χ3v) is 4.30. The lowest BCUT2D eigenvalue weighted by molar-refractivity contribution is -0.143. The second-order valence-corrected chi connectivity index (χ2v) is 6.56. The summed E-state index contributed by atoms with van der Waals surface area (Å²) in [4.78, 5) is 16.9. The smallest absolute Gasteiger partial charge is 0.305 e. The molecule has 0 saturated heterocycles. The quantitative estimate of drug-likeness (QED) is 0.236. The molecule has 28 heavy (non-hydrogen) atoms. The maximum absolute atomic E-state index is 11.4. The fourth-order valence-corrected chi connectivity index (χ4v) is 2.80. The Kier molecular flexibility index (Phi) is 9.62. The normalized spacial score (nSPS) is 11.2. The van der Waals surface area contributed by atoms with Crippen LogP contribution in [0.15, 0.2) is 59.8 Å². The first-order valence-electron chi connectivity index (χ1n) is 9.87. The Balaban J connectivity index is 1.81. The fraction of sp³-hybridized carbons (Fsp3) is 0.391. The molecule has 0 aliphatic heterocycles. The first kappa shape index (κ1) is 21.5. The van der Waals surface area contributed by atoms with Crippen LogP contribution in [0.3, 0.4) is 0 Å². The van der Waals surface area contributed by atoms with E-state index in [1.807, 2.05) is 49.4 Å². The van der Waals surface area contributed by atoms with Crippen LogP contribution in [0, 0.1) is 0 Å². The number of esters is 1. The van der Waals surface area contributed by atoms with Crippen LogP contribution in [0.4, 0.5) is 0 Å². The number of carbonyl (C=O) groups is 1. The highest BCUT2D eigenvalue weighted by Crippen LogP contribution is 2.14. The Morgan fingerprint density at radius 1 is 0.929 bits per heavy atom. The summed E-state index contributed by atoms with van der Waals surface area (Å²) < 4.78 is 4.94. The lowest BCUT2D eigenvalue weighted by Crippen LogP contribution is -2.04. The van der Waals surface area contributed by atoms with Gasteiger partial charge in [-0.15, -0.1) is 0 Å². The van der Waals surface area contributed by atoms with E-state index in [-0.39, 0.29) is 11.7 Å². The van der Waals surface area contributed by atoms with Crippen molar-refractivity contribution in [3.63, 3.8) is 0 Å². The molecule has 0 unspecified atom stereocenters. The summed E-state index contributed by atoms with van der Waals surface area (Å²) in [7, 11) is 0. The number of phenols is 1. The molecule has 0 radical (unpaired) electrons. The highest BCUT2D eigenvalue weighted by molar-refractivity contribution is 6.00. The van der Waals surface area contributed by atoms with Gasteiger partial charge in [0, 0.05) is 6.42 Å². The van der Waals surface area contributed by atoms with E-state index in [4.69, 9.17) is 9.57 Å². The summed E-state index contributed by atoms with van der Waals surface area (Å²) >= 11 is 0. The molecular weight excluding hydrogens is 354 g/mol. The van der Waals surface area contributed by atoms with Gasteiger partial charge in [0.2, 0.25) is 0 Å². The van der Waals surface area contributed by atoms with Crippen LogP contribution >= 0.6 is 0 Å². The van der Waals surface area contributed by atoms with Crippen molar-refractivity contribution in [3.8, 4) is 5.75 Å². The van der Waals surface area contributed by atoms with Crippen molar-refractivity contribution < 1.29 is 19.5 Å². The van der Waals surface area contributed by atoms with E-state index in [9.17, 15) is 9.90 Å². The SMILES string of the molecule is CCOC(=O)CCCCCC/C(=N/OCc1ccc(O)cc1)c1ccccc1. The van der Waals surface area contributed by atoms with E-state index in [0.717, 1.165) is 48.9 Å². The van der Waals surface area contributed by atoms with Crippen molar-refractivity contribution in [1.29, 1.82) is 0 Å². The van der Waals surface area contributed by atoms with Crippen molar-refractivity contribution in [1.82, 2.24) is 0 Å². The van der Waals surface area contributed by atoms with Crippen LogP contribution < -0.4 is 0 Å². The number of oxime groups is 1. The van der Waals surface area contributed by atoms with Gasteiger partial charge in [-0.3, -0.25) is 4.79 Å². The van der Waals surface area contributed by atoms with Crippen molar-refractivity contribution >= 4 is 11.7 Å². The number of unbranched alkanes of at least 4 members (excludes halogenated alkanes) is 3. The van der Waals surface area contributed by atoms with Crippen LogP contribution in [0.2, 0.25) is 0 Å². The lowest BCUT2D eigenvalue weighted by Gasteiger charge is -2.08. The molecule has 0 aromatic heterocycles. The van der Waals surface area contributed by atoms with Crippen LogP contribution in [0.25, 0.3) is 0 Å². The average molecular weight is 383 g/mol. The minimum absolute atomic E-state index is 0.114. The first-order valence-corrected chi connectivity index (χ1v) is 9.87. The van der Waals surface area contributed by atoms with Gasteiger partial charge in [-0.25, -0.2) is 0 Å². The standard InChI is InChI=1S/C23H29NO4/c1-2-27-23(26)13-9-4-3-8-12-22(20-10-6-5-7-11-20)24-28-18-19-14-16-21(25)17-15-19/h5-7,10-11,14-17,25H,2-4,8-9,12-13,18H2,1H3/b24-22-. The van der Waals surface area contributed by atoms with Crippen LogP contribution in [-0.2, 0) is 21.0 Å². The second-order valence-electron chi connectivity index (χ2n) is 6.56. The minimum atomic E-state index is -0.114. The maximum Gasteiger partial charge on any atom is 0.305 e. The molecule has 2 aromatic rings. The number of aromatic hydroxyl groups is 1. The summed E-state index contributed by atoms with van der Waals surface area (Å²) in [6.07, 6.45) is 5.17. The number of hydrogen-bond acceptors (Lipinski definition) is 5. The molecule has 0 amide bonds. The summed E-state index contributed by atoms with van der Waals surface area (Å²) in [5, 5.41) is 13.7. The minimum Gasteiger partial charge on any atom is -0.508 e. The van der Waals surface area contributed by atoms with Crippen molar-refractivity contribution in [3.05, 3.63) is 65.7 Å². The maximum atomic E-state index is 11.4. The molecule has 5 heteroatoms. The Bertz CT molecular complexity index is 726. The fourth-order valence-electron chi connectivity index (χ4n) is 2.80. The van der Waals surface area contributed by atoms with Crippen molar-refractivity contribution in [2.75, 3.05) is 6.61 Å². The molecule has 150 valence electrons. The van der Waals surface area contributed by atoms with Crippen LogP contribution in [0.1, 0.15) is 56.6 Å². The molecule has 0 saturated carbocycles. The lowest BCUT2D eigenvalue weighted by atomic mass is 10.0. The van der Waals surface area contributed by atoms with Gasteiger partial charge in [0.15, 0.2) is 0 Å². The molecule has 2 aromatic carbocycles. The first-order chi connectivity index (χ1) is 13.7. The second kappa shape index (κ2) is 12.5. The van der Waals surface area contributed by atoms with Gasteiger partial charge in [-0.1, -0.05) is 60.5 Å². The largest absolute Gasteiger partial charge is 0.508 e. The summed E-state index contributed by atoms with van der Waals surface area (Å²) in [6, 6.07) is 16.9. The van der Waals surface area contributed by atoms with E-state index >= 15 is 0 Å². The summed E-state index contributed by atoms with van der Waals surface area (Å²) in [6.45, 7) is 2.63. The molecule has 2 rings (SSSR count). The van der Waals surface area contributed by atoms with E-state index in [1.54, 1.807) is 12.1 Å². The average Bonchev–Trinajstić information content (AvgIpc) is 2.71. The highest BCUT2D eigenvalue weighted by atomic mass is 16.6. The zero-order valence-corrected chi connectivity index (χ0v) is 16.5. The molecule has 0 spiro atoms. The third kappa shape index (κ3) is 8.25. The van der Waals surface area contributed by atoms with Gasteiger partial charge in [-0.2, -0.15) is 0 Å². The summed E-state index contributed by atoms with van der Waals surface area (Å²) in [5.74, 6) is 0.122. The number of carbonyl (C=O) groups excluding carboxylic acids is 1. The third-order valence-electron chi connectivity index (χ3n) is 4.30. The van der Waals surface area contributed by atoms with Gasteiger partial charge in [0.1, 0.15) is 12.4 Å². The Morgan fingerprint density at radius 2 is 1.61 bits per heavy atom. The Hall–Kier alpha value is -2.82. The summed E-state index contributed by atoms with van der Waals surface area (Å²) in [5.41, 5.74) is 2.93. The monoisotopic (exact) mass is 383 g/mol. The molecule has 0 fully saturated rings. The molecule has 0 heterocycles. The molecule has 0 atom stereocenters. The molecule has 0 aliphatic carbocycles. The molecule has 0 aliphatic rings. The van der Waals surface area contributed by atoms with Crippen molar-refractivity contribution in [2.45, 2.75) is 52.1 Å². The van der Waals surface area contributed by atoms with Crippen LogP contribution in [-0.4, -0.2) is 23.4 Å². The number of hydrogen-bond donors (Lipinski definition) is 1. The predicted octanol–water partition coefficient (Wildman–Crippen LogP) is 5.22. The van der Waals surface area contributed by atoms with E-state index in [0.29, 0.717) is 19.6 Å². The topological polar surface area (TPSA) is 68.1 Å². The van der Waals surface area contributed by atoms with Crippen molar-refractivity contribution in [2.24, 2.45) is 5.16 Å². The molecule has 0 bridgehead atoms. The van der Waals surface area contributed by atoms with Gasteiger partial charge < -0.3 is 14.7 Å². The van der Waals surface area contributed by atoms with Gasteiger partial charge in [-0.05, 0) is 49.4 Å². The number of rotatable bonds is 12. The molecular formula is C23H29NO4. The van der Waals surface area contributed by atoms with Gasteiger partial charge in [0.05, 0.1) is 12.3 Å². The molecule has 5 nitrogen and oxygen atoms in total. The van der Waals surface area contributed by atoms with Gasteiger partial charge >= 0.3 is 5.97 Å². The van der Waals surface area contributed by atoms with E-state index in [1.165, 1.54) is 0 Å². The molecule has 1 N–H and O–H groups in total. The van der Waals surface area contributed by atoms with Gasteiger partial charge in [0.25, 0.3) is 0 Å². The van der Waals surface area contributed by atoms with E-state index < -0.39 is 0 Å². The number of phenolic OH excluding ortho intramolecular Hbond substituents is 1. The highest BCUT2D eigenvalue weighted by Gasteiger charge is 2.06. The zero-order chi connectivity index (χ0) is 20.0. The number of nitrogens with zero attached hydrogens (tertiary/aromatic N) is 1.